The van der Waals surface area contributed by atoms with Gasteiger partial charge in [0, 0.05) is 0 Å². The molecule has 0 aliphatic rings. The van der Waals surface area contributed by atoms with Crippen molar-refractivity contribution in [3.8, 4) is 0 Å². The molecule has 0 rings (SSSR count). The lowest BCUT2D eigenvalue weighted by molar-refractivity contribution is -0.145. The Kier molecular flexibility index (Phi) is 5.24. The number of nitrogens with two attached hydrogens (primary N) is 1. The van der Waals surface area contributed by atoms with Crippen LogP contribution >= 0.6 is 0 Å². The smallest absolute Gasteiger partial charge is 0.328 e. The van der Waals surface area contributed by atoms with Crippen molar-refractivity contribution in [3.05, 3.63) is 0 Å². The second kappa shape index (κ2) is 5.67. The van der Waals surface area contributed by atoms with E-state index in [1.54, 1.807) is 13.8 Å². The fourth-order valence-corrected chi connectivity index (χ4v) is 0.941. The lowest BCUT2D eigenvalue weighted by atomic mass is 10.0. The van der Waals surface area contributed by atoms with Crippen LogP contribution in [0.1, 0.15) is 20.8 Å². The number of aliphatic hydroxyl groups is 1. The lowest BCUT2D eigenvalue weighted by Gasteiger charge is -2.21. The number of carboxylic acid groups (broad SMARTS) is 1. The van der Waals surface area contributed by atoms with Crippen LogP contribution in [0.4, 0.5) is 0 Å². The zero-order chi connectivity index (χ0) is 12.2. The van der Waals surface area contributed by atoms with Crippen molar-refractivity contribution in [2.24, 2.45) is 11.7 Å². The van der Waals surface area contributed by atoms with Gasteiger partial charge in [-0.1, -0.05) is 13.8 Å². The number of amides is 1. The topological polar surface area (TPSA) is 113 Å². The van der Waals surface area contributed by atoms with Crippen LogP contribution in [0.2, 0.25) is 0 Å². The van der Waals surface area contributed by atoms with E-state index in [-0.39, 0.29) is 5.92 Å². The summed E-state index contributed by atoms with van der Waals surface area (Å²) < 4.78 is 0. The monoisotopic (exact) mass is 218 g/mol. The summed E-state index contributed by atoms with van der Waals surface area (Å²) in [6, 6.07) is -2.09. The second-order valence-electron chi connectivity index (χ2n) is 3.83. The average molecular weight is 218 g/mol. The number of rotatable bonds is 5. The maximum absolute atomic E-state index is 11.4. The first-order valence-electron chi connectivity index (χ1n) is 4.74. The van der Waals surface area contributed by atoms with E-state index < -0.39 is 30.1 Å². The molecule has 88 valence electrons. The highest BCUT2D eigenvalue weighted by Crippen LogP contribution is 2.00. The molecule has 0 aliphatic heterocycles. The molecule has 0 bridgehead atoms. The van der Waals surface area contributed by atoms with Crippen LogP contribution in [0.5, 0.6) is 0 Å². The van der Waals surface area contributed by atoms with Gasteiger partial charge in [0.05, 0.1) is 12.1 Å². The van der Waals surface area contributed by atoms with Gasteiger partial charge in [-0.3, -0.25) is 4.79 Å². The normalized spacial score (nSPS) is 16.9. The molecule has 0 unspecified atom stereocenters. The number of carboxylic acids is 1. The molecule has 0 aliphatic carbocycles. The number of aliphatic hydroxyl groups excluding tert-OH is 1. The molecule has 0 saturated heterocycles. The predicted molar refractivity (Wildman–Crippen MR) is 54.1 cm³/mol. The predicted octanol–water partition coefficient (Wildman–Crippen LogP) is -1.08. The molecule has 0 spiro atoms. The van der Waals surface area contributed by atoms with Crippen molar-refractivity contribution >= 4 is 11.9 Å². The SMILES string of the molecule is CC(C)[C@H](N)C(=O)N[C@H](C(=O)O)[C@@H](C)O. The van der Waals surface area contributed by atoms with Crippen LogP contribution in [-0.2, 0) is 9.59 Å². The molecule has 0 aromatic heterocycles. The summed E-state index contributed by atoms with van der Waals surface area (Å²) in [6.07, 6.45) is -1.16. The third-order valence-electron chi connectivity index (χ3n) is 2.07. The van der Waals surface area contributed by atoms with Crippen LogP contribution in [0.3, 0.4) is 0 Å². The van der Waals surface area contributed by atoms with Crippen LogP contribution in [0.25, 0.3) is 0 Å². The quantitative estimate of drug-likeness (QED) is 0.469. The van der Waals surface area contributed by atoms with E-state index in [1.807, 2.05) is 0 Å². The molecule has 0 aromatic rings. The molecule has 0 saturated carbocycles. The molecule has 0 radical (unpaired) electrons. The van der Waals surface area contributed by atoms with E-state index in [9.17, 15) is 9.59 Å². The molecule has 3 atom stereocenters. The largest absolute Gasteiger partial charge is 0.480 e. The summed E-state index contributed by atoms with van der Waals surface area (Å²) in [7, 11) is 0. The first-order valence-corrected chi connectivity index (χ1v) is 4.74. The number of hydrogen-bond acceptors (Lipinski definition) is 4. The number of hydrogen-bond donors (Lipinski definition) is 4. The molecule has 6 heteroatoms. The molecular weight excluding hydrogens is 200 g/mol. The Hall–Kier alpha value is -1.14. The molecule has 0 heterocycles. The van der Waals surface area contributed by atoms with E-state index >= 15 is 0 Å². The van der Waals surface area contributed by atoms with Gasteiger partial charge in [0.25, 0.3) is 0 Å². The van der Waals surface area contributed by atoms with E-state index in [1.165, 1.54) is 6.92 Å². The van der Waals surface area contributed by atoms with Gasteiger partial charge >= 0.3 is 5.97 Å². The minimum absolute atomic E-state index is 0.0894. The summed E-state index contributed by atoms with van der Waals surface area (Å²) in [5.74, 6) is -1.94. The van der Waals surface area contributed by atoms with Crippen molar-refractivity contribution in [3.63, 3.8) is 0 Å². The van der Waals surface area contributed by atoms with E-state index in [2.05, 4.69) is 5.32 Å². The highest BCUT2D eigenvalue weighted by Gasteiger charge is 2.27. The highest BCUT2D eigenvalue weighted by molar-refractivity contribution is 5.87. The number of aliphatic carboxylic acids is 1. The Morgan fingerprint density at radius 3 is 2.00 bits per heavy atom. The minimum Gasteiger partial charge on any atom is -0.480 e. The Morgan fingerprint density at radius 2 is 1.73 bits per heavy atom. The number of carbonyl (C=O) groups is 2. The van der Waals surface area contributed by atoms with Gasteiger partial charge in [-0.15, -0.1) is 0 Å². The fourth-order valence-electron chi connectivity index (χ4n) is 0.941. The van der Waals surface area contributed by atoms with Crippen LogP contribution in [0.15, 0.2) is 0 Å². The van der Waals surface area contributed by atoms with Crippen LogP contribution in [0, 0.1) is 5.92 Å². The van der Waals surface area contributed by atoms with Gasteiger partial charge in [-0.25, -0.2) is 4.79 Å². The molecule has 15 heavy (non-hydrogen) atoms. The Morgan fingerprint density at radius 1 is 1.27 bits per heavy atom. The van der Waals surface area contributed by atoms with Crippen molar-refractivity contribution in [1.82, 2.24) is 5.32 Å². The third kappa shape index (κ3) is 4.26. The summed E-state index contributed by atoms with van der Waals surface area (Å²) in [5, 5.41) is 20.0. The molecule has 6 nitrogen and oxygen atoms in total. The summed E-state index contributed by atoms with van der Waals surface area (Å²) in [4.78, 5) is 22.0. The van der Waals surface area contributed by atoms with Gasteiger partial charge in [-0.2, -0.15) is 0 Å². The Balaban J connectivity index is 4.43. The first kappa shape index (κ1) is 13.9. The molecular formula is C9H18N2O4. The van der Waals surface area contributed by atoms with Gasteiger partial charge in [-0.05, 0) is 12.8 Å². The van der Waals surface area contributed by atoms with E-state index in [4.69, 9.17) is 15.9 Å². The third-order valence-corrected chi connectivity index (χ3v) is 2.07. The van der Waals surface area contributed by atoms with Crippen LogP contribution in [-0.4, -0.2) is 40.3 Å². The summed E-state index contributed by atoms with van der Waals surface area (Å²) >= 11 is 0. The molecule has 5 N–H and O–H groups in total. The highest BCUT2D eigenvalue weighted by atomic mass is 16.4. The van der Waals surface area contributed by atoms with Crippen molar-refractivity contribution < 1.29 is 19.8 Å². The first-order chi connectivity index (χ1) is 6.77. The fraction of sp³-hybridized carbons (Fsp3) is 0.778. The van der Waals surface area contributed by atoms with E-state index in [0.717, 1.165) is 0 Å². The maximum Gasteiger partial charge on any atom is 0.328 e. The average Bonchev–Trinajstić information content (AvgIpc) is 2.11. The molecule has 0 fully saturated rings. The Labute approximate surface area is 88.5 Å². The van der Waals surface area contributed by atoms with Gasteiger partial charge in [0.1, 0.15) is 0 Å². The van der Waals surface area contributed by atoms with Crippen molar-refractivity contribution in [2.75, 3.05) is 0 Å². The Bertz CT molecular complexity index is 240. The number of carbonyl (C=O) groups excluding carboxylic acids is 1. The lowest BCUT2D eigenvalue weighted by Crippen LogP contribution is -2.53. The van der Waals surface area contributed by atoms with E-state index in [0.29, 0.717) is 0 Å². The second-order valence-corrected chi connectivity index (χ2v) is 3.83. The van der Waals surface area contributed by atoms with Gasteiger partial charge in [0.15, 0.2) is 6.04 Å². The van der Waals surface area contributed by atoms with Gasteiger partial charge in [0.2, 0.25) is 5.91 Å². The zero-order valence-electron chi connectivity index (χ0n) is 9.10. The number of nitrogens with one attached hydrogen (secondary N) is 1. The standard InChI is InChI=1S/C9H18N2O4/c1-4(2)6(10)8(13)11-7(5(3)12)9(14)15/h4-7,12H,10H2,1-3H3,(H,11,13)(H,14,15)/t5-,6+,7+/m1/s1. The van der Waals surface area contributed by atoms with Crippen molar-refractivity contribution in [2.45, 2.75) is 39.0 Å². The maximum atomic E-state index is 11.4. The van der Waals surface area contributed by atoms with Crippen LogP contribution < -0.4 is 11.1 Å². The summed E-state index contributed by atoms with van der Waals surface area (Å²) in [6.45, 7) is 4.80. The van der Waals surface area contributed by atoms with Gasteiger partial charge < -0.3 is 21.3 Å². The van der Waals surface area contributed by atoms with Crippen molar-refractivity contribution in [1.29, 1.82) is 0 Å². The zero-order valence-corrected chi connectivity index (χ0v) is 9.10. The minimum atomic E-state index is -1.32. The molecule has 1 amide bonds. The molecule has 0 aromatic carbocycles. The summed E-state index contributed by atoms with van der Waals surface area (Å²) in [5.41, 5.74) is 5.52.